The first-order valence-corrected chi connectivity index (χ1v) is 11.6. The summed E-state index contributed by atoms with van der Waals surface area (Å²) in [7, 11) is 3.77. The van der Waals surface area contributed by atoms with Crippen molar-refractivity contribution in [1.82, 2.24) is 4.57 Å². The van der Waals surface area contributed by atoms with Crippen molar-refractivity contribution < 1.29 is 13.9 Å². The van der Waals surface area contributed by atoms with Crippen LogP contribution in [0.2, 0.25) is 0 Å². The monoisotopic (exact) mass is 515 g/mol. The molecule has 0 fully saturated rings. The fourth-order valence-electron chi connectivity index (χ4n) is 3.54. The van der Waals surface area contributed by atoms with Crippen molar-refractivity contribution in [2.24, 2.45) is 4.99 Å². The van der Waals surface area contributed by atoms with Gasteiger partial charge in [-0.2, -0.15) is 0 Å². The van der Waals surface area contributed by atoms with Crippen molar-refractivity contribution in [2.75, 3.05) is 25.6 Å². The van der Waals surface area contributed by atoms with Crippen LogP contribution in [0.1, 0.15) is 31.2 Å². The average Bonchev–Trinajstić information content (AvgIpc) is 3.33. The minimum Gasteiger partial charge on any atom is -0.463 e. The second kappa shape index (κ2) is 8.91. The molecule has 0 bridgehead atoms. The molecular formula is C23H22BrN3O4S. The Labute approximate surface area is 197 Å². The van der Waals surface area contributed by atoms with E-state index in [1.165, 1.54) is 11.3 Å². The summed E-state index contributed by atoms with van der Waals surface area (Å²) in [4.78, 5) is 33.3. The molecule has 166 valence electrons. The van der Waals surface area contributed by atoms with E-state index in [2.05, 4.69) is 20.9 Å². The number of aromatic nitrogens is 1. The molecule has 4 rings (SSSR count). The number of anilines is 1. The van der Waals surface area contributed by atoms with Gasteiger partial charge in [-0.3, -0.25) is 9.36 Å². The molecule has 1 aliphatic rings. The Hall–Kier alpha value is -2.91. The lowest BCUT2D eigenvalue weighted by Crippen LogP contribution is -2.39. The number of thiazole rings is 1. The van der Waals surface area contributed by atoms with E-state index in [1.807, 2.05) is 55.4 Å². The van der Waals surface area contributed by atoms with Crippen molar-refractivity contribution >= 4 is 45.2 Å². The summed E-state index contributed by atoms with van der Waals surface area (Å²) >= 11 is 4.71. The predicted molar refractivity (Wildman–Crippen MR) is 128 cm³/mol. The highest BCUT2D eigenvalue weighted by molar-refractivity contribution is 9.10. The number of esters is 1. The smallest absolute Gasteiger partial charge is 0.338 e. The molecule has 2 aromatic heterocycles. The molecule has 0 unspecified atom stereocenters. The number of benzene rings is 1. The van der Waals surface area contributed by atoms with Crippen LogP contribution in [0.3, 0.4) is 0 Å². The molecule has 3 heterocycles. The van der Waals surface area contributed by atoms with E-state index in [-0.39, 0.29) is 12.2 Å². The van der Waals surface area contributed by atoms with E-state index in [0.717, 1.165) is 10.0 Å². The summed E-state index contributed by atoms with van der Waals surface area (Å²) < 4.78 is 14.0. The lowest BCUT2D eigenvalue weighted by molar-refractivity contribution is -0.139. The molecule has 0 radical (unpaired) electrons. The van der Waals surface area contributed by atoms with Crippen molar-refractivity contribution in [3.8, 4) is 0 Å². The second-order valence-electron chi connectivity index (χ2n) is 7.42. The van der Waals surface area contributed by atoms with Crippen LogP contribution in [-0.4, -0.2) is 31.2 Å². The number of halogens is 1. The third kappa shape index (κ3) is 4.10. The van der Waals surface area contributed by atoms with Gasteiger partial charge in [0.05, 0.1) is 28.5 Å². The lowest BCUT2D eigenvalue weighted by atomic mass is 9.96. The summed E-state index contributed by atoms with van der Waals surface area (Å²) in [5.41, 5.74) is 1.46. The van der Waals surface area contributed by atoms with Gasteiger partial charge in [0.25, 0.3) is 5.56 Å². The highest BCUT2D eigenvalue weighted by Crippen LogP contribution is 2.31. The molecule has 0 aliphatic carbocycles. The van der Waals surface area contributed by atoms with Crippen LogP contribution in [0.5, 0.6) is 0 Å². The molecule has 3 aromatic rings. The van der Waals surface area contributed by atoms with Gasteiger partial charge in [-0.15, -0.1) is 0 Å². The quantitative estimate of drug-likeness (QED) is 0.487. The zero-order valence-corrected chi connectivity index (χ0v) is 20.5. The minimum absolute atomic E-state index is 0.236. The molecule has 0 spiro atoms. The fraction of sp³-hybridized carbons (Fsp3) is 0.261. The van der Waals surface area contributed by atoms with Crippen molar-refractivity contribution in [3.63, 3.8) is 0 Å². The predicted octanol–water partition coefficient (Wildman–Crippen LogP) is 3.22. The summed E-state index contributed by atoms with van der Waals surface area (Å²) in [5.74, 6) is 0.787. The van der Waals surface area contributed by atoms with Gasteiger partial charge in [-0.05, 0) is 37.6 Å². The lowest BCUT2D eigenvalue weighted by Gasteiger charge is -2.24. The van der Waals surface area contributed by atoms with E-state index in [0.29, 0.717) is 32.2 Å². The number of allylic oxidation sites excluding steroid dienone is 1. The van der Waals surface area contributed by atoms with E-state index < -0.39 is 12.0 Å². The zero-order valence-electron chi connectivity index (χ0n) is 18.1. The zero-order chi connectivity index (χ0) is 23.0. The number of carbonyl (C=O) groups excluding carboxylic acids is 1. The maximum atomic E-state index is 13.5. The first kappa shape index (κ1) is 22.3. The van der Waals surface area contributed by atoms with Crippen LogP contribution in [0.15, 0.2) is 66.3 Å². The average molecular weight is 516 g/mol. The van der Waals surface area contributed by atoms with Crippen LogP contribution in [0.4, 0.5) is 5.88 Å². The van der Waals surface area contributed by atoms with Crippen LogP contribution >= 0.6 is 27.3 Å². The number of hydrogen-bond donors (Lipinski definition) is 0. The summed E-state index contributed by atoms with van der Waals surface area (Å²) in [6, 6.07) is 10.6. The Balaban J connectivity index is 1.92. The Bertz CT molecular complexity index is 1380. The van der Waals surface area contributed by atoms with E-state index in [4.69, 9.17) is 9.15 Å². The SMILES string of the molecule is CCOC(=O)C1=C(C)N=c2sc(=Cc3ccc(N(C)C)o3)c(=O)n2[C@@H]1c1ccc(Br)cc1. The maximum absolute atomic E-state index is 13.5. The Morgan fingerprint density at radius 1 is 1.28 bits per heavy atom. The largest absolute Gasteiger partial charge is 0.463 e. The van der Waals surface area contributed by atoms with Gasteiger partial charge >= 0.3 is 5.97 Å². The van der Waals surface area contributed by atoms with Crippen LogP contribution in [0.25, 0.3) is 6.08 Å². The number of carbonyl (C=O) groups is 1. The molecule has 1 atom stereocenters. The molecule has 1 aromatic carbocycles. The molecule has 1 aliphatic heterocycles. The van der Waals surface area contributed by atoms with Crippen molar-refractivity contribution in [1.29, 1.82) is 0 Å². The number of furan rings is 1. The normalized spacial score (nSPS) is 16.0. The van der Waals surface area contributed by atoms with E-state index in [9.17, 15) is 9.59 Å². The number of rotatable bonds is 5. The third-order valence-electron chi connectivity index (χ3n) is 5.03. The molecular weight excluding hydrogens is 494 g/mol. The number of hydrogen-bond acceptors (Lipinski definition) is 7. The highest BCUT2D eigenvalue weighted by Gasteiger charge is 2.33. The second-order valence-corrected chi connectivity index (χ2v) is 9.35. The Morgan fingerprint density at radius 2 is 2.00 bits per heavy atom. The Kier molecular flexibility index (Phi) is 6.21. The van der Waals surface area contributed by atoms with Gasteiger partial charge in [0.1, 0.15) is 5.76 Å². The fourth-order valence-corrected chi connectivity index (χ4v) is 4.83. The third-order valence-corrected chi connectivity index (χ3v) is 6.54. The minimum atomic E-state index is -0.630. The van der Waals surface area contributed by atoms with Gasteiger partial charge in [0, 0.05) is 30.7 Å². The first-order valence-electron chi connectivity index (χ1n) is 10.0. The molecule has 32 heavy (non-hydrogen) atoms. The summed E-state index contributed by atoms with van der Waals surface area (Å²) in [6.45, 7) is 3.76. The summed E-state index contributed by atoms with van der Waals surface area (Å²) in [6.07, 6.45) is 1.71. The van der Waals surface area contributed by atoms with Crippen molar-refractivity contribution in [3.05, 3.63) is 83.2 Å². The van der Waals surface area contributed by atoms with E-state index in [1.54, 1.807) is 24.5 Å². The van der Waals surface area contributed by atoms with Gasteiger partial charge in [0.2, 0.25) is 0 Å². The Morgan fingerprint density at radius 3 is 2.62 bits per heavy atom. The summed E-state index contributed by atoms with van der Waals surface area (Å²) in [5, 5.41) is 0. The first-order chi connectivity index (χ1) is 15.3. The number of fused-ring (bicyclic) bond motifs is 1. The standard InChI is InChI=1S/C23H22BrN3O4S/c1-5-30-22(29)19-13(2)25-23-27(20(19)14-6-8-15(24)9-7-14)21(28)17(32-23)12-16-10-11-18(31-16)26(3)4/h6-12,20H,5H2,1-4H3/t20-/m1/s1. The van der Waals surface area contributed by atoms with Crippen molar-refractivity contribution in [2.45, 2.75) is 19.9 Å². The molecule has 9 heteroatoms. The van der Waals surface area contributed by atoms with Crippen LogP contribution < -0.4 is 19.8 Å². The van der Waals surface area contributed by atoms with Gasteiger partial charge < -0.3 is 14.1 Å². The van der Waals surface area contributed by atoms with E-state index >= 15 is 0 Å². The van der Waals surface area contributed by atoms with Crippen LogP contribution in [-0.2, 0) is 9.53 Å². The van der Waals surface area contributed by atoms with Gasteiger partial charge in [-0.25, -0.2) is 9.79 Å². The molecule has 0 saturated heterocycles. The highest BCUT2D eigenvalue weighted by atomic mass is 79.9. The molecule has 7 nitrogen and oxygen atoms in total. The molecule has 0 amide bonds. The number of ether oxygens (including phenoxy) is 1. The number of nitrogens with zero attached hydrogens (tertiary/aromatic N) is 3. The maximum Gasteiger partial charge on any atom is 0.338 e. The molecule has 0 N–H and O–H groups in total. The molecule has 0 saturated carbocycles. The van der Waals surface area contributed by atoms with Gasteiger partial charge in [-0.1, -0.05) is 39.4 Å². The van der Waals surface area contributed by atoms with Crippen LogP contribution in [0, 0.1) is 0 Å². The van der Waals surface area contributed by atoms with Gasteiger partial charge in [0.15, 0.2) is 10.7 Å². The topological polar surface area (TPSA) is 77.0 Å².